The largest absolute Gasteiger partial charge is 0.376 e. The molecule has 0 aromatic heterocycles. The zero-order chi connectivity index (χ0) is 20.9. The van der Waals surface area contributed by atoms with Crippen molar-refractivity contribution in [3.63, 3.8) is 0 Å². The van der Waals surface area contributed by atoms with Gasteiger partial charge in [0, 0.05) is 25.7 Å². The Morgan fingerprint density at radius 1 is 1.07 bits per heavy atom. The summed E-state index contributed by atoms with van der Waals surface area (Å²) in [7, 11) is -1.44. The van der Waals surface area contributed by atoms with Gasteiger partial charge in [-0.15, -0.1) is 0 Å². The third-order valence-corrected chi connectivity index (χ3v) is 6.51. The van der Waals surface area contributed by atoms with Crippen LogP contribution in [0.5, 0.6) is 0 Å². The third-order valence-electron chi connectivity index (χ3n) is 5.28. The lowest BCUT2D eigenvalue weighted by atomic mass is 10.0. The molecule has 3 aromatic carbocycles. The van der Waals surface area contributed by atoms with Gasteiger partial charge in [-0.1, -0.05) is 54.6 Å². The second-order valence-corrected chi connectivity index (χ2v) is 8.66. The highest BCUT2D eigenvalue weighted by molar-refractivity contribution is 7.83. The average Bonchev–Trinajstić information content (AvgIpc) is 3.21. The highest BCUT2D eigenvalue weighted by atomic mass is 32.2. The summed E-state index contributed by atoms with van der Waals surface area (Å²) < 4.78 is 29.2. The summed E-state index contributed by atoms with van der Waals surface area (Å²) in [6.07, 6.45) is 0.906. The molecule has 152 valence electrons. The van der Waals surface area contributed by atoms with E-state index in [0.717, 1.165) is 26.1 Å². The molecular formula is C24H23FN3OS+. The molecule has 0 saturated carbocycles. The van der Waals surface area contributed by atoms with E-state index in [0.29, 0.717) is 4.90 Å². The lowest BCUT2D eigenvalue weighted by Gasteiger charge is -2.17. The number of nitrogens with zero attached hydrogens (tertiary/aromatic N) is 2. The first-order valence-electron chi connectivity index (χ1n) is 9.87. The van der Waals surface area contributed by atoms with Crippen molar-refractivity contribution >= 4 is 16.7 Å². The molecule has 2 unspecified atom stereocenters. The van der Waals surface area contributed by atoms with Gasteiger partial charge in [0.1, 0.15) is 11.0 Å². The van der Waals surface area contributed by atoms with Gasteiger partial charge in [0.15, 0.2) is 0 Å². The molecule has 1 aliphatic rings. The van der Waals surface area contributed by atoms with Gasteiger partial charge >= 0.3 is 5.69 Å². The van der Waals surface area contributed by atoms with E-state index in [1.54, 1.807) is 0 Å². The molecule has 1 heterocycles. The minimum absolute atomic E-state index is 0.00893. The van der Waals surface area contributed by atoms with Crippen molar-refractivity contribution in [2.24, 2.45) is 0 Å². The van der Waals surface area contributed by atoms with Crippen molar-refractivity contribution in [2.75, 3.05) is 13.1 Å². The van der Waals surface area contributed by atoms with Crippen LogP contribution >= 0.6 is 0 Å². The molecule has 1 N–H and O–H groups in total. The van der Waals surface area contributed by atoms with Crippen LogP contribution in [-0.4, -0.2) is 28.2 Å². The topological polar surface area (TPSA) is 36.7 Å². The molecule has 1 fully saturated rings. The van der Waals surface area contributed by atoms with Gasteiger partial charge in [-0.05, 0) is 40.1 Å². The lowest BCUT2D eigenvalue weighted by molar-refractivity contribution is 0.325. The van der Waals surface area contributed by atoms with Crippen molar-refractivity contribution in [1.82, 2.24) is 9.62 Å². The van der Waals surface area contributed by atoms with Crippen LogP contribution in [0.25, 0.3) is 16.0 Å². The van der Waals surface area contributed by atoms with E-state index < -0.39 is 16.8 Å². The fourth-order valence-corrected chi connectivity index (χ4v) is 4.73. The summed E-state index contributed by atoms with van der Waals surface area (Å²) in [6, 6.07) is 23.2. The van der Waals surface area contributed by atoms with Crippen LogP contribution in [0.15, 0.2) is 77.7 Å². The van der Waals surface area contributed by atoms with Crippen molar-refractivity contribution in [3.8, 4) is 17.7 Å². The monoisotopic (exact) mass is 420 g/mol. The summed E-state index contributed by atoms with van der Waals surface area (Å²) in [5.74, 6) is -0.524. The van der Waals surface area contributed by atoms with Gasteiger partial charge in [0.2, 0.25) is 5.82 Å². The molecule has 0 aliphatic carbocycles. The molecule has 0 bridgehead atoms. The Bertz CT molecular complexity index is 1080. The summed E-state index contributed by atoms with van der Waals surface area (Å²) in [5, 5.41) is 0. The van der Waals surface area contributed by atoms with Gasteiger partial charge in [-0.2, -0.15) is 4.39 Å². The molecule has 6 heteroatoms. The van der Waals surface area contributed by atoms with Crippen LogP contribution < -0.4 is 4.72 Å². The molecule has 0 spiro atoms. The Morgan fingerprint density at radius 2 is 1.80 bits per heavy atom. The SMILES string of the molecule is C#[N+]c1cc(S(=O)NC2CCN(Cc3ccc(-c4ccccc4)cc3)C2)ccc1F. The second kappa shape index (κ2) is 9.31. The van der Waals surface area contributed by atoms with Crippen LogP contribution in [-0.2, 0) is 17.5 Å². The van der Waals surface area contributed by atoms with Crippen molar-refractivity contribution in [2.45, 2.75) is 23.9 Å². The van der Waals surface area contributed by atoms with E-state index in [-0.39, 0.29) is 11.7 Å². The number of hydrogen-bond acceptors (Lipinski definition) is 2. The quantitative estimate of drug-likeness (QED) is 0.611. The first kappa shape index (κ1) is 20.4. The second-order valence-electron chi connectivity index (χ2n) is 7.41. The van der Waals surface area contributed by atoms with E-state index in [4.69, 9.17) is 6.57 Å². The molecule has 1 saturated heterocycles. The molecule has 0 amide bonds. The molecule has 0 radical (unpaired) electrons. The molecule has 4 rings (SSSR count). The van der Waals surface area contributed by atoms with E-state index in [1.807, 2.05) is 18.2 Å². The minimum atomic E-state index is -1.44. The lowest BCUT2D eigenvalue weighted by Crippen LogP contribution is -2.33. The highest BCUT2D eigenvalue weighted by Crippen LogP contribution is 2.23. The van der Waals surface area contributed by atoms with E-state index in [9.17, 15) is 8.60 Å². The molecule has 1 aliphatic heterocycles. The fourth-order valence-electron chi connectivity index (χ4n) is 3.69. The zero-order valence-electron chi connectivity index (χ0n) is 16.5. The standard InChI is InChI=1S/C24H23FN3OS/c1-26-24-15-22(11-12-23(24)25)30(29)27-21-13-14-28(17-21)16-18-7-9-20(10-8-18)19-5-3-2-4-6-19/h1-12,15,21,27H,13-14,16-17H2/q+1. The highest BCUT2D eigenvalue weighted by Gasteiger charge is 2.25. The third kappa shape index (κ3) is 4.82. The van der Waals surface area contributed by atoms with Crippen LogP contribution in [0.1, 0.15) is 12.0 Å². The predicted octanol–water partition coefficient (Wildman–Crippen LogP) is 4.97. The summed E-state index contributed by atoms with van der Waals surface area (Å²) >= 11 is 0. The van der Waals surface area contributed by atoms with Gasteiger partial charge < -0.3 is 0 Å². The Kier molecular flexibility index (Phi) is 6.34. The number of rotatable bonds is 6. The Hall–Kier alpha value is -2.85. The van der Waals surface area contributed by atoms with Gasteiger partial charge in [0.05, 0.1) is 11.0 Å². The van der Waals surface area contributed by atoms with Gasteiger partial charge in [-0.3, -0.25) is 4.90 Å². The van der Waals surface area contributed by atoms with Crippen molar-refractivity contribution in [1.29, 1.82) is 0 Å². The molecular weight excluding hydrogens is 397 g/mol. The normalized spacial score (nSPS) is 17.5. The van der Waals surface area contributed by atoms with Crippen LogP contribution in [0, 0.1) is 12.4 Å². The average molecular weight is 421 g/mol. The van der Waals surface area contributed by atoms with Crippen LogP contribution in [0.3, 0.4) is 0 Å². The Labute approximate surface area is 178 Å². The number of benzene rings is 3. The molecule has 2 atom stereocenters. The maximum Gasteiger partial charge on any atom is 0.376 e. The van der Waals surface area contributed by atoms with Gasteiger partial charge in [0.25, 0.3) is 6.57 Å². The number of nitrogens with one attached hydrogen (secondary N) is 1. The molecule has 30 heavy (non-hydrogen) atoms. The molecule has 3 aromatic rings. The maximum absolute atomic E-state index is 13.5. The minimum Gasteiger partial charge on any atom is -0.297 e. The maximum atomic E-state index is 13.5. The van der Waals surface area contributed by atoms with E-state index >= 15 is 0 Å². The first-order chi connectivity index (χ1) is 14.6. The summed E-state index contributed by atoms with van der Waals surface area (Å²) in [4.78, 5) is 6.20. The van der Waals surface area contributed by atoms with Gasteiger partial charge in [-0.25, -0.2) is 8.93 Å². The van der Waals surface area contributed by atoms with Crippen molar-refractivity contribution in [3.05, 3.63) is 89.0 Å². The number of halogens is 1. The summed E-state index contributed by atoms with van der Waals surface area (Å²) in [5.41, 5.74) is 3.68. The van der Waals surface area contributed by atoms with Crippen molar-refractivity contribution < 1.29 is 8.60 Å². The van der Waals surface area contributed by atoms with Crippen LogP contribution in [0.2, 0.25) is 0 Å². The first-order valence-corrected chi connectivity index (χ1v) is 11.0. The predicted molar refractivity (Wildman–Crippen MR) is 119 cm³/mol. The van der Waals surface area contributed by atoms with E-state index in [2.05, 4.69) is 50.9 Å². The van der Waals surface area contributed by atoms with E-state index in [1.165, 1.54) is 34.9 Å². The summed E-state index contributed by atoms with van der Waals surface area (Å²) in [6.45, 7) is 7.77. The smallest absolute Gasteiger partial charge is 0.297 e. The van der Waals surface area contributed by atoms with Crippen LogP contribution in [0.4, 0.5) is 10.1 Å². The Balaban J connectivity index is 1.32. The fraction of sp³-hybridized carbons (Fsp3) is 0.208. The Morgan fingerprint density at radius 3 is 2.53 bits per heavy atom. The zero-order valence-corrected chi connectivity index (χ0v) is 17.3. The number of hydrogen-bond donors (Lipinski definition) is 1. The molecule has 4 nitrogen and oxygen atoms in total. The number of likely N-dealkylation sites (tertiary alicyclic amines) is 1.